The van der Waals surface area contributed by atoms with Crippen molar-refractivity contribution >= 4 is 0 Å². The Morgan fingerprint density at radius 1 is 0.784 bits per heavy atom. The summed E-state index contributed by atoms with van der Waals surface area (Å²) < 4.78 is 21.8. The minimum atomic E-state index is -0.0846. The van der Waals surface area contributed by atoms with Gasteiger partial charge in [0, 0.05) is 11.0 Å². The lowest BCUT2D eigenvalue weighted by molar-refractivity contribution is 0.127. The lowest BCUT2D eigenvalue weighted by Crippen LogP contribution is -2.26. The zero-order chi connectivity index (χ0) is 26.4. The first-order valence-electron chi connectivity index (χ1n) is 15.5. The summed E-state index contributed by atoms with van der Waals surface area (Å²) in [6.07, 6.45) is 15.0. The summed E-state index contributed by atoms with van der Waals surface area (Å²) in [6, 6.07) is 12.3. The Morgan fingerprint density at radius 3 is 1.97 bits per heavy atom. The van der Waals surface area contributed by atoms with E-state index >= 15 is 4.39 Å². The summed E-state index contributed by atoms with van der Waals surface area (Å²) >= 11 is 0. The molecule has 0 saturated heterocycles. The summed E-state index contributed by atoms with van der Waals surface area (Å²) in [5.41, 5.74) is 4.26. The Balaban J connectivity index is 1.41. The molecule has 0 unspecified atom stereocenters. The van der Waals surface area contributed by atoms with Crippen LogP contribution in [0.4, 0.5) is 4.39 Å². The van der Waals surface area contributed by atoms with Crippen LogP contribution in [-0.4, -0.2) is 6.61 Å². The summed E-state index contributed by atoms with van der Waals surface area (Å²) in [5.74, 6) is 4.15. The van der Waals surface area contributed by atoms with Gasteiger partial charge in [-0.05, 0) is 123 Å². The fourth-order valence-electron chi connectivity index (χ4n) is 7.15. The average Bonchev–Trinajstić information content (AvgIpc) is 2.94. The van der Waals surface area contributed by atoms with Gasteiger partial charge in [-0.2, -0.15) is 0 Å². The lowest BCUT2D eigenvalue weighted by atomic mass is 9.68. The summed E-state index contributed by atoms with van der Waals surface area (Å²) in [4.78, 5) is 0. The number of ether oxygens (including phenoxy) is 1. The maximum atomic E-state index is 15.4. The van der Waals surface area contributed by atoms with Gasteiger partial charge in [-0.25, -0.2) is 4.39 Å². The highest BCUT2D eigenvalue weighted by atomic mass is 19.1. The van der Waals surface area contributed by atoms with Crippen LogP contribution >= 0.6 is 0 Å². The Morgan fingerprint density at radius 2 is 1.41 bits per heavy atom. The molecule has 204 valence electrons. The van der Waals surface area contributed by atoms with Crippen molar-refractivity contribution < 1.29 is 9.13 Å². The quantitative estimate of drug-likeness (QED) is 0.311. The van der Waals surface area contributed by atoms with Gasteiger partial charge in [0.25, 0.3) is 0 Å². The van der Waals surface area contributed by atoms with Crippen LogP contribution in [0.2, 0.25) is 0 Å². The SMILES string of the molecule is CCc1cc(-c2ccc(C3CCC(C4CCC(C)CC4)CC3)cc2F)ccc1OCC(CC)(CC)CC. The topological polar surface area (TPSA) is 9.23 Å². The van der Waals surface area contributed by atoms with E-state index in [4.69, 9.17) is 4.74 Å². The predicted octanol–water partition coefficient (Wildman–Crippen LogP) is 10.8. The number of hydrogen-bond donors (Lipinski definition) is 0. The largest absolute Gasteiger partial charge is 0.493 e. The van der Waals surface area contributed by atoms with Gasteiger partial charge in [0.1, 0.15) is 11.6 Å². The van der Waals surface area contributed by atoms with E-state index in [0.29, 0.717) is 11.5 Å². The maximum absolute atomic E-state index is 15.4. The molecule has 1 nitrogen and oxygen atoms in total. The molecule has 2 aliphatic rings. The van der Waals surface area contributed by atoms with Crippen LogP contribution in [0.3, 0.4) is 0 Å². The van der Waals surface area contributed by atoms with E-state index in [9.17, 15) is 0 Å². The first-order chi connectivity index (χ1) is 17.9. The molecule has 0 bridgehead atoms. The number of benzene rings is 2. The molecule has 2 aliphatic carbocycles. The summed E-state index contributed by atoms with van der Waals surface area (Å²) in [7, 11) is 0. The molecular formula is C35H51FO. The highest BCUT2D eigenvalue weighted by Gasteiger charge is 2.31. The number of hydrogen-bond acceptors (Lipinski definition) is 1. The van der Waals surface area contributed by atoms with Gasteiger partial charge in [-0.3, -0.25) is 0 Å². The second-order valence-corrected chi connectivity index (χ2v) is 12.4. The molecule has 2 heteroatoms. The van der Waals surface area contributed by atoms with Crippen LogP contribution in [0.25, 0.3) is 11.1 Å². The fourth-order valence-corrected chi connectivity index (χ4v) is 7.15. The van der Waals surface area contributed by atoms with Crippen molar-refractivity contribution in [1.29, 1.82) is 0 Å². The van der Waals surface area contributed by atoms with Crippen molar-refractivity contribution in [3.8, 4) is 16.9 Å². The van der Waals surface area contributed by atoms with Gasteiger partial charge < -0.3 is 4.74 Å². The van der Waals surface area contributed by atoms with Gasteiger partial charge in [0.15, 0.2) is 0 Å². The molecule has 0 radical (unpaired) electrons. The first kappa shape index (κ1) is 28.2. The highest BCUT2D eigenvalue weighted by molar-refractivity contribution is 5.67. The molecule has 2 aromatic carbocycles. The molecule has 37 heavy (non-hydrogen) atoms. The van der Waals surface area contributed by atoms with Gasteiger partial charge in [0.2, 0.25) is 0 Å². The zero-order valence-corrected chi connectivity index (χ0v) is 24.3. The van der Waals surface area contributed by atoms with Crippen LogP contribution in [0.15, 0.2) is 36.4 Å². The second-order valence-electron chi connectivity index (χ2n) is 12.4. The van der Waals surface area contributed by atoms with Crippen molar-refractivity contribution in [1.82, 2.24) is 0 Å². The zero-order valence-electron chi connectivity index (χ0n) is 24.3. The van der Waals surface area contributed by atoms with Gasteiger partial charge in [-0.1, -0.05) is 65.7 Å². The van der Waals surface area contributed by atoms with Crippen LogP contribution in [-0.2, 0) is 6.42 Å². The van der Waals surface area contributed by atoms with E-state index in [1.54, 1.807) is 0 Å². The first-order valence-corrected chi connectivity index (χ1v) is 15.5. The van der Waals surface area contributed by atoms with E-state index in [1.807, 2.05) is 18.2 Å². The molecule has 0 aliphatic heterocycles. The number of halogens is 1. The van der Waals surface area contributed by atoms with Crippen LogP contribution in [0.1, 0.15) is 122 Å². The molecule has 2 saturated carbocycles. The molecule has 2 fully saturated rings. The number of rotatable bonds is 10. The smallest absolute Gasteiger partial charge is 0.131 e. The minimum Gasteiger partial charge on any atom is -0.493 e. The molecule has 2 aromatic rings. The Hall–Kier alpha value is -1.83. The summed E-state index contributed by atoms with van der Waals surface area (Å²) in [6.45, 7) is 12.1. The molecule has 4 rings (SSSR count). The Bertz CT molecular complexity index is 982. The molecule has 0 aromatic heterocycles. The van der Waals surface area contributed by atoms with Gasteiger partial charge in [-0.15, -0.1) is 0 Å². The summed E-state index contributed by atoms with van der Waals surface area (Å²) in [5, 5.41) is 0. The molecule has 0 amide bonds. The standard InChI is InChI=1S/C35H51FO/c1-6-26-22-31(19-21-34(26)37-24-35(7-2,8-3)9-4)32-20-18-30(23-33(32)36)29-16-14-28(15-17-29)27-12-10-25(5)11-13-27/h18-23,25,27-29H,6-17,24H2,1-5H3. The van der Waals surface area contributed by atoms with Crippen LogP contribution in [0.5, 0.6) is 5.75 Å². The monoisotopic (exact) mass is 506 g/mol. The number of aryl methyl sites for hydroxylation is 1. The molecule has 0 spiro atoms. The van der Waals surface area contributed by atoms with E-state index < -0.39 is 0 Å². The second kappa shape index (κ2) is 12.8. The Kier molecular flexibility index (Phi) is 9.76. The Labute approximate surface area is 226 Å². The molecular weight excluding hydrogens is 455 g/mol. The van der Waals surface area contributed by atoms with Crippen molar-refractivity contribution in [3.63, 3.8) is 0 Å². The van der Waals surface area contributed by atoms with Crippen LogP contribution in [0, 0.1) is 29.0 Å². The van der Waals surface area contributed by atoms with Crippen molar-refractivity contribution in [2.24, 2.45) is 23.2 Å². The predicted molar refractivity (Wildman–Crippen MR) is 156 cm³/mol. The van der Waals surface area contributed by atoms with E-state index in [0.717, 1.165) is 66.9 Å². The third kappa shape index (κ3) is 6.61. The normalized spacial score (nSPS) is 24.7. The van der Waals surface area contributed by atoms with E-state index in [1.165, 1.54) is 56.9 Å². The van der Waals surface area contributed by atoms with Gasteiger partial charge >= 0.3 is 0 Å². The third-order valence-corrected chi connectivity index (χ3v) is 10.5. The third-order valence-electron chi connectivity index (χ3n) is 10.5. The van der Waals surface area contributed by atoms with Gasteiger partial charge in [0.05, 0.1) is 6.61 Å². The fraction of sp³-hybridized carbons (Fsp3) is 0.657. The van der Waals surface area contributed by atoms with Crippen molar-refractivity contribution in [2.75, 3.05) is 6.61 Å². The van der Waals surface area contributed by atoms with E-state index in [-0.39, 0.29) is 11.2 Å². The molecule has 0 heterocycles. The average molecular weight is 507 g/mol. The van der Waals surface area contributed by atoms with E-state index in [2.05, 4.69) is 52.8 Å². The highest BCUT2D eigenvalue weighted by Crippen LogP contribution is 2.44. The molecule has 0 atom stereocenters. The van der Waals surface area contributed by atoms with Crippen molar-refractivity contribution in [3.05, 3.63) is 53.3 Å². The maximum Gasteiger partial charge on any atom is 0.131 e. The van der Waals surface area contributed by atoms with Crippen LogP contribution < -0.4 is 4.74 Å². The van der Waals surface area contributed by atoms with Crippen molar-refractivity contribution in [2.45, 2.75) is 118 Å². The minimum absolute atomic E-state index is 0.0846. The lowest BCUT2D eigenvalue weighted by Gasteiger charge is -2.37. The molecule has 0 N–H and O–H groups in total.